The Morgan fingerprint density at radius 1 is 0.337 bits per heavy atom. The summed E-state index contributed by atoms with van der Waals surface area (Å²) in [5.74, 6) is 21.0. The van der Waals surface area contributed by atoms with E-state index in [4.69, 9.17) is 0 Å². The molecule has 0 nitrogen and oxygen atoms in total. The highest BCUT2D eigenvalue weighted by molar-refractivity contribution is 4.97. The highest BCUT2D eigenvalue weighted by Crippen LogP contribution is 2.57. The van der Waals surface area contributed by atoms with Crippen LogP contribution in [0.2, 0.25) is 0 Å². The largest absolute Gasteiger partial charge is 0.0776 e. The normalized spacial score (nSPS) is 34.7. The van der Waals surface area contributed by atoms with Crippen LogP contribution in [0.3, 0.4) is 0 Å². The van der Waals surface area contributed by atoms with Gasteiger partial charge in [0.2, 0.25) is 0 Å². The summed E-state index contributed by atoms with van der Waals surface area (Å²) in [5, 5.41) is 0. The van der Waals surface area contributed by atoms with E-state index in [1.165, 1.54) is 193 Å². The standard InChI is InChI=1S/C9H16.4C9H18.5C8H16.10CH4/c1-7-5-8-3-4-9(7,2)6-8;1-8-4-6-9(2,3)7-5-8;2*1-8-6-4-5-7-9(8,2)3;1-7-5-4-6-8(2)9(7)3;1-6(2)8-4-7(3)5-8;1-8(2,3)7-5-4-6-7;1-6-4-5-7(2)8(6)3;1-5-6(2)8(4)7(5)3;1-3-7(2)8-5-4-6-8;;;;;;;;;;/h7-8H,3-6H2,1-2H3;3*8H,4-7H2,1-3H3;7-9H,4-6H2,1-3H3;6-8H,4-5H2,1-3H3;7H,4-6H2,1-3H3;6-8H,4-5H2,1-3H3;5-8H,1-4H3;7-8H,3-6H2,1-2H3;10*1H4/t7-,8?,9?;;2*8-;;;;;;;;;;;;;;;;/m0.10................/s1. The molecule has 0 aliphatic heterocycles. The Labute approximate surface area is 615 Å². The van der Waals surface area contributed by atoms with Gasteiger partial charge in [-0.1, -0.05) is 391 Å². The Bertz CT molecular complexity index is 1580. The third kappa shape index (κ3) is 40.6. The van der Waals surface area contributed by atoms with Crippen LogP contribution >= 0.6 is 0 Å². The van der Waals surface area contributed by atoms with Gasteiger partial charge in [-0.05, 0) is 228 Å². The van der Waals surface area contributed by atoms with Crippen LogP contribution in [0.4, 0.5) is 0 Å². The molecule has 0 spiro atoms. The van der Waals surface area contributed by atoms with Crippen molar-refractivity contribution in [3.05, 3.63) is 0 Å². The molecule has 11 fully saturated rings. The molecule has 0 aromatic carbocycles. The molecule has 7 unspecified atom stereocenters. The zero-order valence-electron chi connectivity index (χ0n) is 64.8. The lowest BCUT2D eigenvalue weighted by atomic mass is 9.60. The topological polar surface area (TPSA) is 0 Å². The maximum absolute atomic E-state index is 2.48. The van der Waals surface area contributed by atoms with E-state index in [1.54, 1.807) is 0 Å². The quantitative estimate of drug-likeness (QED) is 0.264. The fraction of sp³-hybridized carbons (Fsp3) is 1.00. The fourth-order valence-corrected chi connectivity index (χ4v) is 17.1. The van der Waals surface area contributed by atoms with E-state index in [9.17, 15) is 0 Å². The summed E-state index contributed by atoms with van der Waals surface area (Å²) in [6, 6.07) is 0. The molecule has 95 heavy (non-hydrogen) atoms. The molecule has 0 radical (unpaired) electrons. The summed E-state index contributed by atoms with van der Waals surface area (Å²) < 4.78 is 0. The van der Waals surface area contributed by atoms with Gasteiger partial charge < -0.3 is 0 Å². The number of hydrogen-bond acceptors (Lipinski definition) is 0. The fourth-order valence-electron chi connectivity index (χ4n) is 17.1. The van der Waals surface area contributed by atoms with Gasteiger partial charge in [-0.15, -0.1) is 0 Å². The first-order valence-electron chi connectivity index (χ1n) is 39.3. The third-order valence-corrected chi connectivity index (χ3v) is 29.1. The van der Waals surface area contributed by atoms with Crippen LogP contribution < -0.4 is 0 Å². The molecule has 11 rings (SSSR count). The molecule has 0 heteroatoms. The molecule has 0 heterocycles. The van der Waals surface area contributed by atoms with E-state index in [2.05, 4.69) is 201 Å². The summed E-state index contributed by atoms with van der Waals surface area (Å²) in [6.45, 7) is 68.9. The molecule has 2 bridgehead atoms. The molecule has 588 valence electrons. The predicted octanol–water partition coefficient (Wildman–Crippen LogP) is 35.5. The van der Waals surface area contributed by atoms with E-state index in [0.717, 1.165) is 130 Å². The first kappa shape index (κ1) is 113. The molecule has 0 saturated heterocycles. The van der Waals surface area contributed by atoms with Crippen molar-refractivity contribution in [2.75, 3.05) is 0 Å². The van der Waals surface area contributed by atoms with Crippen molar-refractivity contribution in [1.82, 2.24) is 0 Å². The van der Waals surface area contributed by atoms with Crippen molar-refractivity contribution in [3.63, 3.8) is 0 Å². The number of hydrogen-bond donors (Lipinski definition) is 0. The zero-order valence-corrected chi connectivity index (χ0v) is 64.8. The second-order valence-corrected chi connectivity index (χ2v) is 38.2. The van der Waals surface area contributed by atoms with Gasteiger partial charge in [0.05, 0.1) is 0 Å². The number of rotatable bonds is 3. The van der Waals surface area contributed by atoms with Gasteiger partial charge in [0.1, 0.15) is 0 Å². The minimum atomic E-state index is 0. The van der Waals surface area contributed by atoms with Crippen LogP contribution in [-0.2, 0) is 0 Å². The van der Waals surface area contributed by atoms with Gasteiger partial charge in [-0.3, -0.25) is 0 Å². The third-order valence-electron chi connectivity index (χ3n) is 29.1. The van der Waals surface area contributed by atoms with Crippen molar-refractivity contribution in [1.29, 1.82) is 0 Å². The summed E-state index contributed by atoms with van der Waals surface area (Å²) in [5.41, 5.74) is 3.30. The SMILES string of the molecule is C.C.C.C.C.C.C.C.C.C.CC(C)(C)C1CCC1.CC1C(C)C(C)C1C.CC1CC(C(C)C)C1.CC1CCC(C)(C)CC1.CC1CCC(C)C1C.CC1CCCC(C)C1C.CCC(C)C1CCC1.C[C@@H]1CCCCC1(C)C.C[C@H]1CC2CCC1(C)C2.C[C@H]1CCCCC1(C)C. The molecule has 0 amide bonds. The van der Waals surface area contributed by atoms with Crippen molar-refractivity contribution >= 4 is 0 Å². The highest BCUT2D eigenvalue weighted by Gasteiger charge is 2.46. The smallest absolute Gasteiger partial charge is 0.0297 e. The van der Waals surface area contributed by atoms with E-state index >= 15 is 0 Å². The van der Waals surface area contributed by atoms with Crippen LogP contribution in [0.1, 0.15) is 468 Å². The van der Waals surface area contributed by atoms with Gasteiger partial charge in [-0.2, -0.15) is 0 Å². The van der Waals surface area contributed by atoms with Crippen molar-refractivity contribution in [2.45, 2.75) is 468 Å². The molecular formula is C95H208. The molecule has 10 atom stereocenters. The van der Waals surface area contributed by atoms with Gasteiger partial charge >= 0.3 is 0 Å². The lowest BCUT2D eigenvalue weighted by molar-refractivity contribution is 0.0302. The highest BCUT2D eigenvalue weighted by atomic mass is 14.5. The van der Waals surface area contributed by atoms with Gasteiger partial charge in [0, 0.05) is 0 Å². The first-order valence-corrected chi connectivity index (χ1v) is 39.3. The minimum Gasteiger partial charge on any atom is -0.0776 e. The Morgan fingerprint density at radius 3 is 0.853 bits per heavy atom. The van der Waals surface area contributed by atoms with Crippen LogP contribution in [0, 0.1) is 151 Å². The lowest BCUT2D eigenvalue weighted by Crippen LogP contribution is -2.39. The van der Waals surface area contributed by atoms with Gasteiger partial charge in [0.15, 0.2) is 0 Å². The zero-order chi connectivity index (χ0) is 64.8. The van der Waals surface area contributed by atoms with Crippen LogP contribution in [0.5, 0.6) is 0 Å². The minimum absolute atomic E-state index is 0. The average molecular weight is 1350 g/mol. The second kappa shape index (κ2) is 53.7. The molecule has 11 aliphatic rings. The molecule has 11 aliphatic carbocycles. The van der Waals surface area contributed by atoms with Gasteiger partial charge in [0.25, 0.3) is 0 Å². The molecule has 0 N–H and O–H groups in total. The Kier molecular flexibility index (Phi) is 64.2. The molecular weight excluding hydrogens is 1140 g/mol. The van der Waals surface area contributed by atoms with E-state index in [0.29, 0.717) is 21.7 Å². The van der Waals surface area contributed by atoms with Gasteiger partial charge in [-0.25, -0.2) is 0 Å². The molecule has 11 saturated carbocycles. The van der Waals surface area contributed by atoms with E-state index in [-0.39, 0.29) is 74.3 Å². The van der Waals surface area contributed by atoms with Crippen LogP contribution in [-0.4, -0.2) is 0 Å². The molecule has 0 aromatic rings. The van der Waals surface area contributed by atoms with Crippen molar-refractivity contribution in [3.8, 4) is 0 Å². The molecule has 0 aromatic heterocycles. The Hall–Kier alpha value is 0. The van der Waals surface area contributed by atoms with Crippen LogP contribution in [0.15, 0.2) is 0 Å². The van der Waals surface area contributed by atoms with E-state index < -0.39 is 0 Å². The maximum Gasteiger partial charge on any atom is -0.0297 e. The van der Waals surface area contributed by atoms with Crippen molar-refractivity contribution < 1.29 is 0 Å². The van der Waals surface area contributed by atoms with Crippen molar-refractivity contribution in [2.24, 2.45) is 151 Å². The maximum atomic E-state index is 2.48. The first-order chi connectivity index (χ1) is 39.3. The van der Waals surface area contributed by atoms with E-state index in [1.807, 2.05) is 0 Å². The summed E-state index contributed by atoms with van der Waals surface area (Å²) in [7, 11) is 0. The summed E-state index contributed by atoms with van der Waals surface area (Å²) in [4.78, 5) is 0. The summed E-state index contributed by atoms with van der Waals surface area (Å²) in [6.07, 6.45) is 44.1. The summed E-state index contributed by atoms with van der Waals surface area (Å²) >= 11 is 0. The average Bonchev–Trinajstić information content (AvgIpc) is 1.69. The lowest BCUT2D eigenvalue weighted by Gasteiger charge is -2.45. The second-order valence-electron chi connectivity index (χ2n) is 38.2. The predicted molar refractivity (Wildman–Crippen MR) is 456 cm³/mol. The Morgan fingerprint density at radius 2 is 0.695 bits per heavy atom. The number of fused-ring (bicyclic) bond motifs is 2. The van der Waals surface area contributed by atoms with Crippen LogP contribution in [0.25, 0.3) is 0 Å². The Balaban J connectivity index is -0.000000122. The monoisotopic (exact) mass is 1350 g/mol.